The summed E-state index contributed by atoms with van der Waals surface area (Å²) in [5.74, 6) is 0. The zero-order valence-corrected chi connectivity index (χ0v) is 15.9. The topological polar surface area (TPSA) is 62.2 Å². The Hall–Kier alpha value is -1.96. The smallest absolute Gasteiger partial charge is 0.405 e. The summed E-state index contributed by atoms with van der Waals surface area (Å²) in [4.78, 5) is 17.2. The molecule has 2 N–H and O–H groups in total. The first-order valence-corrected chi connectivity index (χ1v) is 10.3. The largest absolute Gasteiger partial charge is 0.465 e. The highest BCUT2D eigenvalue weighted by Gasteiger charge is 2.08. The van der Waals surface area contributed by atoms with Crippen molar-refractivity contribution in [2.75, 3.05) is 6.26 Å². The third-order valence-corrected chi connectivity index (χ3v) is 6.14. The van der Waals surface area contributed by atoms with Gasteiger partial charge in [-0.1, -0.05) is 42.1 Å². The van der Waals surface area contributed by atoms with Crippen LogP contribution in [0.1, 0.15) is 5.01 Å². The van der Waals surface area contributed by atoms with Gasteiger partial charge in [0.2, 0.25) is 0 Å². The first-order valence-electron chi connectivity index (χ1n) is 7.48. The van der Waals surface area contributed by atoms with Gasteiger partial charge in [0.25, 0.3) is 0 Å². The van der Waals surface area contributed by atoms with Gasteiger partial charge in [0, 0.05) is 9.79 Å². The highest BCUT2D eigenvalue weighted by atomic mass is 32.2. The molecule has 1 amide bonds. The van der Waals surface area contributed by atoms with E-state index in [0.29, 0.717) is 0 Å². The second kappa shape index (κ2) is 8.42. The molecule has 2 aromatic carbocycles. The standard InChI is InChI=1S/C18H16N2O2S3/c1-23-14-7-13(12-5-3-2-4-6-12)8-15(9-14)24-17-11-19-16(25-17)10-20-18(21)22/h2-9,11,20H,10H2,1H3,(H,21,22). The molecule has 0 bridgehead atoms. The molecule has 128 valence electrons. The maximum Gasteiger partial charge on any atom is 0.405 e. The van der Waals surface area contributed by atoms with Gasteiger partial charge in [-0.05, 0) is 35.6 Å². The van der Waals surface area contributed by atoms with Crippen LogP contribution >= 0.6 is 34.9 Å². The Morgan fingerprint density at radius 1 is 1.16 bits per heavy atom. The summed E-state index contributed by atoms with van der Waals surface area (Å²) in [6.07, 6.45) is 2.83. The van der Waals surface area contributed by atoms with E-state index in [9.17, 15) is 4.79 Å². The molecular weight excluding hydrogens is 372 g/mol. The Morgan fingerprint density at radius 2 is 1.92 bits per heavy atom. The molecule has 3 rings (SSSR count). The van der Waals surface area contributed by atoms with Gasteiger partial charge in [-0.25, -0.2) is 9.78 Å². The van der Waals surface area contributed by atoms with Gasteiger partial charge in [-0.2, -0.15) is 0 Å². The van der Waals surface area contributed by atoms with Crippen LogP contribution in [0.2, 0.25) is 0 Å². The maximum absolute atomic E-state index is 10.6. The molecule has 0 radical (unpaired) electrons. The van der Waals surface area contributed by atoms with Crippen molar-refractivity contribution in [3.63, 3.8) is 0 Å². The molecule has 1 heterocycles. The SMILES string of the molecule is CSc1cc(Sc2cnc(CNC(=O)O)s2)cc(-c2ccccc2)c1. The van der Waals surface area contributed by atoms with Crippen LogP contribution in [0.5, 0.6) is 0 Å². The van der Waals surface area contributed by atoms with Crippen LogP contribution in [0.3, 0.4) is 0 Å². The van der Waals surface area contributed by atoms with Gasteiger partial charge in [-0.15, -0.1) is 23.1 Å². The first kappa shape index (κ1) is 17.8. The fraction of sp³-hybridized carbons (Fsp3) is 0.111. The number of rotatable bonds is 6. The molecule has 0 saturated carbocycles. The summed E-state index contributed by atoms with van der Waals surface area (Å²) in [7, 11) is 0. The molecule has 7 heteroatoms. The van der Waals surface area contributed by atoms with E-state index in [-0.39, 0.29) is 6.54 Å². The van der Waals surface area contributed by atoms with Crippen molar-refractivity contribution < 1.29 is 9.90 Å². The lowest BCUT2D eigenvalue weighted by Crippen LogP contribution is -2.19. The van der Waals surface area contributed by atoms with E-state index in [4.69, 9.17) is 5.11 Å². The maximum atomic E-state index is 10.6. The van der Waals surface area contributed by atoms with Gasteiger partial charge >= 0.3 is 6.09 Å². The van der Waals surface area contributed by atoms with Crippen molar-refractivity contribution in [2.45, 2.75) is 20.5 Å². The third-order valence-electron chi connectivity index (χ3n) is 3.36. The van der Waals surface area contributed by atoms with E-state index in [0.717, 1.165) is 14.1 Å². The lowest BCUT2D eigenvalue weighted by molar-refractivity contribution is 0.194. The fourth-order valence-corrected chi connectivity index (χ4v) is 4.84. The first-order chi connectivity index (χ1) is 12.1. The van der Waals surface area contributed by atoms with Crippen molar-refractivity contribution in [2.24, 2.45) is 0 Å². The highest BCUT2D eigenvalue weighted by molar-refractivity contribution is 8.01. The number of aromatic nitrogens is 1. The van der Waals surface area contributed by atoms with E-state index in [1.54, 1.807) is 29.7 Å². The molecule has 0 aliphatic carbocycles. The van der Waals surface area contributed by atoms with E-state index < -0.39 is 6.09 Å². The van der Waals surface area contributed by atoms with Crippen molar-refractivity contribution in [3.8, 4) is 11.1 Å². The minimum absolute atomic E-state index is 0.237. The molecule has 0 atom stereocenters. The summed E-state index contributed by atoms with van der Waals surface area (Å²) < 4.78 is 1.04. The van der Waals surface area contributed by atoms with Gasteiger partial charge in [-0.3, -0.25) is 0 Å². The predicted octanol–water partition coefficient (Wildman–Crippen LogP) is 5.45. The van der Waals surface area contributed by atoms with Crippen LogP contribution in [-0.4, -0.2) is 22.4 Å². The van der Waals surface area contributed by atoms with E-state index in [1.807, 2.05) is 18.2 Å². The second-order valence-corrected chi connectivity index (χ2v) is 8.47. The van der Waals surface area contributed by atoms with Crippen molar-refractivity contribution in [1.82, 2.24) is 10.3 Å². The average Bonchev–Trinajstić information content (AvgIpc) is 3.07. The highest BCUT2D eigenvalue weighted by Crippen LogP contribution is 2.36. The lowest BCUT2D eigenvalue weighted by atomic mass is 10.1. The Balaban J connectivity index is 1.81. The minimum atomic E-state index is -1.04. The summed E-state index contributed by atoms with van der Waals surface area (Å²) >= 11 is 4.87. The molecule has 0 saturated heterocycles. The van der Waals surface area contributed by atoms with Crippen LogP contribution < -0.4 is 5.32 Å². The number of benzene rings is 2. The van der Waals surface area contributed by atoms with Gasteiger partial charge in [0.05, 0.1) is 17.0 Å². The minimum Gasteiger partial charge on any atom is -0.465 e. The normalized spacial score (nSPS) is 10.6. The number of thiazole rings is 1. The molecule has 0 fully saturated rings. The van der Waals surface area contributed by atoms with Crippen LogP contribution in [0.15, 0.2) is 68.7 Å². The summed E-state index contributed by atoms with van der Waals surface area (Å²) in [5.41, 5.74) is 2.38. The second-order valence-electron chi connectivity index (χ2n) is 5.10. The molecule has 0 aliphatic rings. The number of amides is 1. The molecule has 25 heavy (non-hydrogen) atoms. The quantitative estimate of drug-likeness (QED) is 0.550. The molecule has 0 spiro atoms. The number of carboxylic acid groups (broad SMARTS) is 1. The molecule has 3 aromatic rings. The number of carbonyl (C=O) groups is 1. The van der Waals surface area contributed by atoms with Crippen LogP contribution in [0.4, 0.5) is 4.79 Å². The predicted molar refractivity (Wildman–Crippen MR) is 105 cm³/mol. The Kier molecular flexibility index (Phi) is 6.01. The van der Waals surface area contributed by atoms with Gasteiger partial charge in [0.15, 0.2) is 0 Å². The van der Waals surface area contributed by atoms with E-state index in [1.165, 1.54) is 27.4 Å². The van der Waals surface area contributed by atoms with Crippen molar-refractivity contribution in [3.05, 3.63) is 59.7 Å². The molecule has 1 aromatic heterocycles. The summed E-state index contributed by atoms with van der Waals surface area (Å²) in [6, 6.07) is 16.8. The Bertz CT molecular complexity index is 866. The zero-order valence-electron chi connectivity index (χ0n) is 13.4. The monoisotopic (exact) mass is 388 g/mol. The Morgan fingerprint density at radius 3 is 2.64 bits per heavy atom. The number of hydrogen-bond donors (Lipinski definition) is 2. The molecule has 0 aliphatic heterocycles. The molecule has 0 unspecified atom stereocenters. The van der Waals surface area contributed by atoms with Crippen LogP contribution in [-0.2, 0) is 6.54 Å². The van der Waals surface area contributed by atoms with E-state index in [2.05, 4.69) is 46.9 Å². The number of nitrogens with zero attached hydrogens (tertiary/aromatic N) is 1. The third kappa shape index (κ3) is 5.01. The average molecular weight is 389 g/mol. The summed E-state index contributed by atoms with van der Waals surface area (Å²) in [5, 5.41) is 11.8. The van der Waals surface area contributed by atoms with Crippen molar-refractivity contribution >= 4 is 41.0 Å². The number of nitrogens with one attached hydrogen (secondary N) is 1. The van der Waals surface area contributed by atoms with Gasteiger partial charge in [0.1, 0.15) is 5.01 Å². The van der Waals surface area contributed by atoms with Crippen molar-refractivity contribution in [1.29, 1.82) is 0 Å². The van der Waals surface area contributed by atoms with Crippen LogP contribution in [0.25, 0.3) is 11.1 Å². The number of thioether (sulfide) groups is 1. The summed E-state index contributed by atoms with van der Waals surface area (Å²) in [6.45, 7) is 0.237. The number of hydrogen-bond acceptors (Lipinski definition) is 5. The van der Waals surface area contributed by atoms with Gasteiger partial charge < -0.3 is 10.4 Å². The Labute approximate surface area is 158 Å². The van der Waals surface area contributed by atoms with E-state index >= 15 is 0 Å². The lowest BCUT2D eigenvalue weighted by Gasteiger charge is -2.08. The molecular formula is C18H16N2O2S3. The molecule has 4 nitrogen and oxygen atoms in total. The zero-order chi connectivity index (χ0) is 17.6. The fourth-order valence-electron chi connectivity index (χ4n) is 2.24. The van der Waals surface area contributed by atoms with Crippen LogP contribution in [0, 0.1) is 0 Å².